The van der Waals surface area contributed by atoms with Gasteiger partial charge in [0.2, 0.25) is 0 Å². The molecule has 4 atom stereocenters. The van der Waals surface area contributed by atoms with Crippen LogP contribution in [-0.2, 0) is 0 Å². The van der Waals surface area contributed by atoms with Crippen LogP contribution in [0.4, 0.5) is 0 Å². The van der Waals surface area contributed by atoms with E-state index in [1.165, 1.54) is 0 Å². The molecule has 0 bridgehead atoms. The van der Waals surface area contributed by atoms with Crippen molar-refractivity contribution in [1.82, 2.24) is 15.1 Å². The summed E-state index contributed by atoms with van der Waals surface area (Å²) in [4.78, 5) is 4.18. The number of nitrogens with zero attached hydrogens (tertiary/aromatic N) is 2. The molecule has 0 amide bonds. The highest BCUT2D eigenvalue weighted by Crippen LogP contribution is 1.99. The van der Waals surface area contributed by atoms with Crippen molar-refractivity contribution in [3.63, 3.8) is 0 Å². The van der Waals surface area contributed by atoms with Crippen molar-refractivity contribution in [3.05, 3.63) is 0 Å². The SMILES string of the molecule is CC(O)CNCCN(CCN(CC(C)O)CC(C)O)CC(C)O.Cl.Cl. The minimum atomic E-state index is -0.438. The molecule has 0 aromatic heterocycles. The maximum atomic E-state index is 9.63. The Kier molecular flexibility index (Phi) is 21.3. The smallest absolute Gasteiger partial charge is 0.0639 e. The summed E-state index contributed by atoms with van der Waals surface area (Å²) in [6.07, 6.45) is -1.65. The van der Waals surface area contributed by atoms with Crippen LogP contribution in [0.25, 0.3) is 0 Å². The van der Waals surface area contributed by atoms with E-state index in [2.05, 4.69) is 10.2 Å². The molecule has 0 aliphatic rings. The lowest BCUT2D eigenvalue weighted by Crippen LogP contribution is -2.44. The highest BCUT2D eigenvalue weighted by molar-refractivity contribution is 5.85. The van der Waals surface area contributed by atoms with Crippen molar-refractivity contribution < 1.29 is 20.4 Å². The second-order valence-corrected chi connectivity index (χ2v) is 6.66. The fourth-order valence-electron chi connectivity index (χ4n) is 2.50. The molecule has 5 N–H and O–H groups in total. The van der Waals surface area contributed by atoms with Gasteiger partial charge in [0, 0.05) is 52.4 Å². The van der Waals surface area contributed by atoms with Crippen LogP contribution in [0.5, 0.6) is 0 Å². The molecule has 0 heterocycles. The van der Waals surface area contributed by atoms with E-state index < -0.39 is 18.3 Å². The molecular formula is C16H39Cl2N3O4. The first-order valence-electron chi connectivity index (χ1n) is 8.58. The Bertz CT molecular complexity index is 276. The number of aliphatic hydroxyl groups is 4. The predicted molar refractivity (Wildman–Crippen MR) is 107 cm³/mol. The Morgan fingerprint density at radius 2 is 1.04 bits per heavy atom. The molecule has 0 aliphatic heterocycles. The van der Waals surface area contributed by atoms with E-state index in [-0.39, 0.29) is 30.9 Å². The number of hydrogen-bond acceptors (Lipinski definition) is 7. The Morgan fingerprint density at radius 1 is 0.640 bits per heavy atom. The van der Waals surface area contributed by atoms with Crippen molar-refractivity contribution in [2.45, 2.75) is 52.1 Å². The van der Waals surface area contributed by atoms with Crippen molar-refractivity contribution in [2.24, 2.45) is 0 Å². The summed E-state index contributed by atoms with van der Waals surface area (Å²) < 4.78 is 0. The van der Waals surface area contributed by atoms with Gasteiger partial charge in [0.05, 0.1) is 24.4 Å². The molecule has 7 nitrogen and oxygen atoms in total. The molecule has 4 unspecified atom stereocenters. The average molecular weight is 408 g/mol. The molecule has 9 heteroatoms. The summed E-state index contributed by atoms with van der Waals surface area (Å²) >= 11 is 0. The molecule has 25 heavy (non-hydrogen) atoms. The quantitative estimate of drug-likeness (QED) is 0.248. The fourth-order valence-corrected chi connectivity index (χ4v) is 2.50. The standard InChI is InChI=1S/C16H37N3O4.2ClH/c1-13(20)9-17-5-6-18(10-14(2)21)7-8-19(11-15(3)22)12-16(4)23;;/h13-17,20-23H,5-12H2,1-4H3;2*1H. The van der Waals surface area contributed by atoms with Crippen molar-refractivity contribution in [3.8, 4) is 0 Å². The molecular weight excluding hydrogens is 369 g/mol. The molecule has 156 valence electrons. The number of aliphatic hydroxyl groups excluding tert-OH is 4. The van der Waals surface area contributed by atoms with E-state index in [9.17, 15) is 20.4 Å². The molecule has 0 rings (SSSR count). The molecule has 0 spiro atoms. The summed E-state index contributed by atoms with van der Waals surface area (Å²) in [5, 5.41) is 41.2. The third kappa shape index (κ3) is 20.5. The van der Waals surface area contributed by atoms with E-state index >= 15 is 0 Å². The second kappa shape index (κ2) is 17.7. The fraction of sp³-hybridized carbons (Fsp3) is 1.00. The van der Waals surface area contributed by atoms with Crippen LogP contribution in [0.2, 0.25) is 0 Å². The van der Waals surface area contributed by atoms with Crippen LogP contribution >= 0.6 is 24.8 Å². The second-order valence-electron chi connectivity index (χ2n) is 6.66. The van der Waals surface area contributed by atoms with E-state index in [0.29, 0.717) is 26.2 Å². The number of halogens is 2. The van der Waals surface area contributed by atoms with Gasteiger partial charge in [-0.25, -0.2) is 0 Å². The lowest BCUT2D eigenvalue weighted by Gasteiger charge is -2.30. The van der Waals surface area contributed by atoms with E-state index in [1.807, 2.05) is 4.90 Å². The normalized spacial score (nSPS) is 16.1. The lowest BCUT2D eigenvalue weighted by molar-refractivity contribution is 0.0683. The summed E-state index contributed by atoms with van der Waals surface area (Å²) in [5.74, 6) is 0. The van der Waals surface area contributed by atoms with Crippen LogP contribution in [0.3, 0.4) is 0 Å². The minimum Gasteiger partial charge on any atom is -0.392 e. The first-order chi connectivity index (χ1) is 10.7. The van der Waals surface area contributed by atoms with Crippen molar-refractivity contribution in [2.75, 3.05) is 52.4 Å². The summed E-state index contributed by atoms with van der Waals surface area (Å²) in [6.45, 7) is 12.1. The molecule has 0 aliphatic carbocycles. The van der Waals surface area contributed by atoms with Crippen molar-refractivity contribution in [1.29, 1.82) is 0 Å². The molecule has 0 saturated heterocycles. The molecule has 0 fully saturated rings. The zero-order valence-corrected chi connectivity index (χ0v) is 17.6. The molecule has 0 saturated carbocycles. The van der Waals surface area contributed by atoms with E-state index in [4.69, 9.17) is 0 Å². The largest absolute Gasteiger partial charge is 0.392 e. The van der Waals surface area contributed by atoms with Crippen LogP contribution in [-0.4, -0.2) is 107 Å². The Morgan fingerprint density at radius 3 is 1.44 bits per heavy atom. The van der Waals surface area contributed by atoms with Gasteiger partial charge in [0.25, 0.3) is 0 Å². The number of nitrogens with one attached hydrogen (secondary N) is 1. The summed E-state index contributed by atoms with van der Waals surface area (Å²) in [6, 6.07) is 0. The number of rotatable bonds is 14. The first-order valence-corrected chi connectivity index (χ1v) is 8.58. The van der Waals surface area contributed by atoms with Gasteiger partial charge in [-0.05, 0) is 27.7 Å². The van der Waals surface area contributed by atoms with Crippen LogP contribution < -0.4 is 5.32 Å². The Balaban J connectivity index is -0.00000242. The van der Waals surface area contributed by atoms with Gasteiger partial charge in [0.15, 0.2) is 0 Å². The number of hydrogen-bond donors (Lipinski definition) is 5. The van der Waals surface area contributed by atoms with Crippen LogP contribution in [0.1, 0.15) is 27.7 Å². The van der Waals surface area contributed by atoms with Crippen molar-refractivity contribution >= 4 is 24.8 Å². The maximum Gasteiger partial charge on any atom is 0.0639 e. The summed E-state index contributed by atoms with van der Waals surface area (Å²) in [7, 11) is 0. The van der Waals surface area contributed by atoms with Gasteiger partial charge in [0.1, 0.15) is 0 Å². The highest BCUT2D eigenvalue weighted by atomic mass is 35.5. The Labute approximate surface area is 165 Å². The highest BCUT2D eigenvalue weighted by Gasteiger charge is 2.14. The summed E-state index contributed by atoms with van der Waals surface area (Å²) in [5.41, 5.74) is 0. The van der Waals surface area contributed by atoms with E-state index in [0.717, 1.165) is 26.2 Å². The molecule has 0 aromatic rings. The predicted octanol–water partition coefficient (Wildman–Crippen LogP) is -0.453. The topological polar surface area (TPSA) is 99.4 Å². The zero-order valence-electron chi connectivity index (χ0n) is 16.0. The zero-order chi connectivity index (χ0) is 17.8. The minimum absolute atomic E-state index is 0. The molecule has 0 radical (unpaired) electrons. The molecule has 0 aromatic carbocycles. The van der Waals surface area contributed by atoms with Gasteiger partial charge >= 0.3 is 0 Å². The third-order valence-electron chi connectivity index (χ3n) is 3.34. The van der Waals surface area contributed by atoms with E-state index in [1.54, 1.807) is 27.7 Å². The first kappa shape index (κ1) is 30.0. The van der Waals surface area contributed by atoms with Crippen LogP contribution in [0, 0.1) is 0 Å². The lowest BCUT2D eigenvalue weighted by atomic mass is 10.3. The van der Waals surface area contributed by atoms with Gasteiger partial charge in [-0.15, -0.1) is 24.8 Å². The third-order valence-corrected chi connectivity index (χ3v) is 3.34. The van der Waals surface area contributed by atoms with Gasteiger partial charge in [-0.2, -0.15) is 0 Å². The van der Waals surface area contributed by atoms with Gasteiger partial charge in [-0.3, -0.25) is 9.80 Å². The van der Waals surface area contributed by atoms with Gasteiger partial charge in [-0.1, -0.05) is 0 Å². The van der Waals surface area contributed by atoms with Crippen LogP contribution in [0.15, 0.2) is 0 Å². The monoisotopic (exact) mass is 407 g/mol. The maximum absolute atomic E-state index is 9.63. The van der Waals surface area contributed by atoms with Gasteiger partial charge < -0.3 is 25.7 Å². The average Bonchev–Trinajstić information content (AvgIpc) is 2.38. The Hall–Kier alpha value is 0.300.